The van der Waals surface area contributed by atoms with E-state index < -0.39 is 51.5 Å². The summed E-state index contributed by atoms with van der Waals surface area (Å²) >= 11 is 15.1. The van der Waals surface area contributed by atoms with Crippen LogP contribution in [0.2, 0.25) is 10.0 Å². The molecule has 1 aliphatic heterocycles. The number of nitro groups is 1. The predicted octanol–water partition coefficient (Wildman–Crippen LogP) is 7.14. The Balaban J connectivity index is 1.77. The van der Waals surface area contributed by atoms with Gasteiger partial charge in [0.2, 0.25) is 5.75 Å². The van der Waals surface area contributed by atoms with Crippen molar-refractivity contribution >= 4 is 74.4 Å². The maximum atomic E-state index is 13.2. The lowest BCUT2D eigenvalue weighted by molar-refractivity contribution is -0.385. The highest BCUT2D eigenvalue weighted by atomic mass is 79.9. The van der Waals surface area contributed by atoms with E-state index in [2.05, 4.69) is 15.9 Å². The third kappa shape index (κ3) is 5.90. The normalized spacial score (nSPS) is 15.0. The van der Waals surface area contributed by atoms with E-state index in [1.165, 1.54) is 36.4 Å². The first-order valence-corrected chi connectivity index (χ1v) is 12.0. The van der Waals surface area contributed by atoms with Gasteiger partial charge in [0.15, 0.2) is 0 Å². The highest BCUT2D eigenvalue weighted by Crippen LogP contribution is 2.39. The molecular formula is C24H11BrCl2F3N3O6. The maximum absolute atomic E-state index is 13.2. The van der Waals surface area contributed by atoms with Crippen molar-refractivity contribution in [3.8, 4) is 11.5 Å². The van der Waals surface area contributed by atoms with Crippen LogP contribution >= 0.6 is 39.1 Å². The zero-order valence-corrected chi connectivity index (χ0v) is 22.0. The molecule has 1 N–H and O–H groups in total. The third-order valence-electron chi connectivity index (χ3n) is 5.24. The quantitative estimate of drug-likeness (QED) is 0.136. The number of nitrogens with one attached hydrogen (secondary N) is 1. The van der Waals surface area contributed by atoms with Crippen molar-refractivity contribution in [2.45, 2.75) is 6.18 Å². The SMILES string of the molecule is O=C1NC(=O)N(c2ccc(Cl)c(Cl)c2)C(=O)/C1=C/c1cc(Br)ccc1Oc1ccc(C(F)(F)F)cc1[N+](=O)[O-]. The summed E-state index contributed by atoms with van der Waals surface area (Å²) in [5.74, 6) is -2.75. The number of benzene rings is 3. The van der Waals surface area contributed by atoms with Crippen molar-refractivity contribution in [3.63, 3.8) is 0 Å². The standard InChI is InChI=1S/C24H11BrCl2F3N3O6/c25-13-2-6-19(39-20-5-1-12(24(28,29)30)9-18(20)33(37)38)11(7-13)8-15-21(34)31-23(36)32(22(15)35)14-3-4-16(26)17(27)10-14/h1-10H,(H,31,34,36)/b15-8+. The summed E-state index contributed by atoms with van der Waals surface area (Å²) in [4.78, 5) is 49.4. The van der Waals surface area contributed by atoms with E-state index in [1.54, 1.807) is 0 Å². The molecule has 0 aliphatic carbocycles. The number of ether oxygens (including phenoxy) is 1. The number of carbonyl (C=O) groups is 3. The molecular weight excluding hydrogens is 634 g/mol. The van der Waals surface area contributed by atoms with Crippen molar-refractivity contribution in [1.29, 1.82) is 0 Å². The second-order valence-electron chi connectivity index (χ2n) is 7.78. The van der Waals surface area contributed by atoms with E-state index in [4.69, 9.17) is 27.9 Å². The lowest BCUT2D eigenvalue weighted by atomic mass is 10.1. The number of halogens is 6. The minimum absolute atomic E-state index is 0.0106. The van der Waals surface area contributed by atoms with E-state index in [9.17, 15) is 37.7 Å². The van der Waals surface area contributed by atoms with Crippen LogP contribution in [0.4, 0.5) is 29.3 Å². The van der Waals surface area contributed by atoms with Gasteiger partial charge in [0.25, 0.3) is 11.8 Å². The molecule has 1 heterocycles. The van der Waals surface area contributed by atoms with Gasteiger partial charge in [-0.1, -0.05) is 39.1 Å². The van der Waals surface area contributed by atoms with Crippen molar-refractivity contribution < 1.29 is 37.2 Å². The van der Waals surface area contributed by atoms with Crippen LogP contribution in [0.25, 0.3) is 6.08 Å². The topological polar surface area (TPSA) is 119 Å². The van der Waals surface area contributed by atoms with Gasteiger partial charge in [-0.15, -0.1) is 0 Å². The zero-order chi connectivity index (χ0) is 28.6. The number of nitrogens with zero attached hydrogens (tertiary/aromatic N) is 2. The van der Waals surface area contributed by atoms with Crippen LogP contribution in [0.1, 0.15) is 11.1 Å². The van der Waals surface area contributed by atoms with Crippen LogP contribution in [-0.4, -0.2) is 22.8 Å². The Labute approximate surface area is 235 Å². The Hall–Kier alpha value is -3.94. The molecule has 9 nitrogen and oxygen atoms in total. The molecule has 1 fully saturated rings. The summed E-state index contributed by atoms with van der Waals surface area (Å²) in [6.07, 6.45) is -3.77. The van der Waals surface area contributed by atoms with Crippen LogP contribution in [0.3, 0.4) is 0 Å². The number of rotatable bonds is 5. The van der Waals surface area contributed by atoms with Crippen LogP contribution in [0.15, 0.2) is 64.6 Å². The largest absolute Gasteiger partial charge is 0.449 e. The van der Waals surface area contributed by atoms with E-state index in [-0.39, 0.29) is 27.0 Å². The molecule has 0 aromatic heterocycles. The van der Waals surface area contributed by atoms with Gasteiger partial charge in [-0.25, -0.2) is 9.69 Å². The number of imide groups is 2. The fraction of sp³-hybridized carbons (Fsp3) is 0.0417. The number of barbiturate groups is 1. The maximum Gasteiger partial charge on any atom is 0.416 e. The van der Waals surface area contributed by atoms with Gasteiger partial charge < -0.3 is 4.74 Å². The molecule has 1 saturated heterocycles. The number of hydrogen-bond donors (Lipinski definition) is 1. The Morgan fingerprint density at radius 3 is 2.31 bits per heavy atom. The molecule has 3 aromatic rings. The summed E-state index contributed by atoms with van der Waals surface area (Å²) < 4.78 is 45.2. The molecule has 0 spiro atoms. The molecule has 15 heteroatoms. The van der Waals surface area contributed by atoms with Crippen LogP contribution in [0.5, 0.6) is 11.5 Å². The van der Waals surface area contributed by atoms with Crippen molar-refractivity contribution in [1.82, 2.24) is 5.32 Å². The molecule has 0 saturated carbocycles. The Morgan fingerprint density at radius 2 is 1.67 bits per heavy atom. The second kappa shape index (κ2) is 10.7. The van der Waals surface area contributed by atoms with Gasteiger partial charge in [-0.05, 0) is 54.6 Å². The number of urea groups is 1. The van der Waals surface area contributed by atoms with E-state index >= 15 is 0 Å². The minimum Gasteiger partial charge on any atom is -0.449 e. The number of alkyl halides is 3. The monoisotopic (exact) mass is 643 g/mol. The van der Waals surface area contributed by atoms with Crippen LogP contribution in [0, 0.1) is 10.1 Å². The Morgan fingerprint density at radius 1 is 0.974 bits per heavy atom. The highest BCUT2D eigenvalue weighted by molar-refractivity contribution is 9.10. The van der Waals surface area contributed by atoms with Gasteiger partial charge in [-0.2, -0.15) is 13.2 Å². The van der Waals surface area contributed by atoms with Gasteiger partial charge in [0.05, 0.1) is 26.2 Å². The van der Waals surface area contributed by atoms with Gasteiger partial charge >= 0.3 is 17.9 Å². The number of amides is 4. The second-order valence-corrected chi connectivity index (χ2v) is 9.51. The van der Waals surface area contributed by atoms with Crippen molar-refractivity contribution in [2.24, 2.45) is 0 Å². The summed E-state index contributed by atoms with van der Waals surface area (Å²) in [6.45, 7) is 0. The molecule has 0 bridgehead atoms. The number of nitro benzene ring substituents is 1. The Kier molecular flexibility index (Phi) is 7.68. The molecule has 0 unspecified atom stereocenters. The highest BCUT2D eigenvalue weighted by Gasteiger charge is 2.37. The average molecular weight is 645 g/mol. The molecule has 0 radical (unpaired) electrons. The Bertz CT molecular complexity index is 1600. The van der Waals surface area contributed by atoms with E-state index in [0.29, 0.717) is 21.5 Å². The van der Waals surface area contributed by atoms with Crippen LogP contribution in [-0.2, 0) is 15.8 Å². The van der Waals surface area contributed by atoms with Crippen molar-refractivity contribution in [2.75, 3.05) is 4.90 Å². The first-order chi connectivity index (χ1) is 18.3. The summed E-state index contributed by atoms with van der Waals surface area (Å²) in [5, 5.41) is 13.7. The predicted molar refractivity (Wildman–Crippen MR) is 138 cm³/mol. The summed E-state index contributed by atoms with van der Waals surface area (Å²) in [6, 6.07) is 8.74. The third-order valence-corrected chi connectivity index (χ3v) is 6.47. The van der Waals surface area contributed by atoms with Gasteiger partial charge in [-0.3, -0.25) is 25.0 Å². The van der Waals surface area contributed by atoms with Gasteiger partial charge in [0, 0.05) is 16.1 Å². The molecule has 200 valence electrons. The smallest absolute Gasteiger partial charge is 0.416 e. The molecule has 4 rings (SSSR count). The number of carbonyl (C=O) groups excluding carboxylic acids is 3. The number of hydrogen-bond acceptors (Lipinski definition) is 6. The lowest BCUT2D eigenvalue weighted by Gasteiger charge is -2.26. The van der Waals surface area contributed by atoms with Crippen molar-refractivity contribution in [3.05, 3.63) is 95.9 Å². The summed E-state index contributed by atoms with van der Waals surface area (Å²) in [5.41, 5.74) is -2.70. The summed E-state index contributed by atoms with van der Waals surface area (Å²) in [7, 11) is 0. The number of anilines is 1. The molecule has 0 atom stereocenters. The van der Waals surface area contributed by atoms with E-state index in [1.807, 2.05) is 5.32 Å². The van der Waals surface area contributed by atoms with Gasteiger partial charge in [0.1, 0.15) is 11.3 Å². The fourth-order valence-corrected chi connectivity index (χ4v) is 4.11. The average Bonchev–Trinajstić information content (AvgIpc) is 2.84. The molecule has 39 heavy (non-hydrogen) atoms. The van der Waals surface area contributed by atoms with E-state index in [0.717, 1.165) is 12.1 Å². The first-order valence-electron chi connectivity index (χ1n) is 10.5. The van der Waals surface area contributed by atoms with Crippen LogP contribution < -0.4 is 15.0 Å². The molecule has 3 aromatic carbocycles. The molecule has 4 amide bonds. The zero-order valence-electron chi connectivity index (χ0n) is 18.9. The lowest BCUT2D eigenvalue weighted by Crippen LogP contribution is -2.54. The minimum atomic E-state index is -4.83. The first kappa shape index (κ1) is 28.1. The fourth-order valence-electron chi connectivity index (χ4n) is 3.44. The molecule has 1 aliphatic rings.